The van der Waals surface area contributed by atoms with Gasteiger partial charge in [-0.3, -0.25) is 14.9 Å². The first kappa shape index (κ1) is 15.8. The molecular weight excluding hydrogens is 284 g/mol. The van der Waals surface area contributed by atoms with E-state index in [1.807, 2.05) is 31.2 Å². The minimum Gasteiger partial charge on any atom is -0.494 e. The molecule has 1 aromatic heterocycles. The van der Waals surface area contributed by atoms with Crippen LogP contribution in [0.1, 0.15) is 17.7 Å². The first-order valence-corrected chi connectivity index (χ1v) is 7.03. The molecule has 0 saturated carbocycles. The summed E-state index contributed by atoms with van der Waals surface area (Å²) in [7, 11) is 0. The highest BCUT2D eigenvalue weighted by molar-refractivity contribution is 5.28. The Morgan fingerprint density at radius 1 is 1.14 bits per heavy atom. The maximum atomic E-state index is 12.0. The highest BCUT2D eigenvalue weighted by Crippen LogP contribution is 2.12. The Bertz CT molecular complexity index is 720. The molecule has 0 unspecified atom stereocenters. The van der Waals surface area contributed by atoms with Gasteiger partial charge in [0.05, 0.1) is 11.5 Å². The fraction of sp³-hybridized carbons (Fsp3) is 0.312. The van der Waals surface area contributed by atoms with Crippen LogP contribution >= 0.6 is 0 Å². The van der Waals surface area contributed by atoms with Crippen LogP contribution in [0, 0.1) is 24.0 Å². The lowest BCUT2D eigenvalue weighted by Crippen LogP contribution is -2.25. The van der Waals surface area contributed by atoms with Crippen LogP contribution in [-0.2, 0) is 6.54 Å². The van der Waals surface area contributed by atoms with Crippen molar-refractivity contribution in [2.45, 2.75) is 26.8 Å². The Balaban J connectivity index is 1.97. The van der Waals surface area contributed by atoms with E-state index in [-0.39, 0.29) is 0 Å². The number of pyridine rings is 1. The van der Waals surface area contributed by atoms with E-state index in [2.05, 4.69) is 0 Å². The molecule has 0 amide bonds. The Labute approximate surface area is 128 Å². The Morgan fingerprint density at radius 3 is 2.45 bits per heavy atom. The van der Waals surface area contributed by atoms with E-state index in [1.54, 1.807) is 13.0 Å². The molecule has 6 nitrogen and oxygen atoms in total. The van der Waals surface area contributed by atoms with Crippen molar-refractivity contribution in [3.8, 4) is 5.75 Å². The van der Waals surface area contributed by atoms with E-state index < -0.39 is 16.2 Å². The van der Waals surface area contributed by atoms with Gasteiger partial charge in [-0.15, -0.1) is 0 Å². The first-order valence-electron chi connectivity index (χ1n) is 7.03. The zero-order chi connectivity index (χ0) is 16.1. The van der Waals surface area contributed by atoms with Crippen LogP contribution in [0.25, 0.3) is 0 Å². The van der Waals surface area contributed by atoms with Crippen molar-refractivity contribution in [3.05, 3.63) is 68.1 Å². The van der Waals surface area contributed by atoms with Crippen LogP contribution in [0.3, 0.4) is 0 Å². The highest BCUT2D eigenvalue weighted by Gasteiger charge is 2.15. The molecule has 0 aliphatic heterocycles. The number of benzene rings is 1. The van der Waals surface area contributed by atoms with Gasteiger partial charge in [0, 0.05) is 18.3 Å². The maximum Gasteiger partial charge on any atom is 0.334 e. The van der Waals surface area contributed by atoms with Crippen molar-refractivity contribution in [1.82, 2.24) is 4.57 Å². The smallest absolute Gasteiger partial charge is 0.334 e. The third-order valence-electron chi connectivity index (χ3n) is 3.38. The summed E-state index contributed by atoms with van der Waals surface area (Å²) in [5.41, 5.74) is 0.891. The summed E-state index contributed by atoms with van der Waals surface area (Å²) in [4.78, 5) is 22.2. The Hall–Kier alpha value is -2.63. The van der Waals surface area contributed by atoms with E-state index in [1.165, 1.54) is 10.6 Å². The van der Waals surface area contributed by atoms with Crippen LogP contribution in [0.2, 0.25) is 0 Å². The molecule has 0 saturated heterocycles. The SMILES string of the molecule is Cc1ccc(OCCCn2c(C)ccc([N+](=O)[O-])c2=O)cc1. The quantitative estimate of drug-likeness (QED) is 0.467. The van der Waals surface area contributed by atoms with Crippen molar-refractivity contribution in [1.29, 1.82) is 0 Å². The van der Waals surface area contributed by atoms with Crippen molar-refractivity contribution < 1.29 is 9.66 Å². The van der Waals surface area contributed by atoms with Crippen molar-refractivity contribution in [3.63, 3.8) is 0 Å². The Morgan fingerprint density at radius 2 is 1.82 bits per heavy atom. The lowest BCUT2D eigenvalue weighted by atomic mass is 10.2. The largest absolute Gasteiger partial charge is 0.494 e. The summed E-state index contributed by atoms with van der Waals surface area (Å²) in [5, 5.41) is 10.8. The van der Waals surface area contributed by atoms with Gasteiger partial charge in [0.1, 0.15) is 5.75 Å². The molecule has 1 aromatic carbocycles. The van der Waals surface area contributed by atoms with E-state index >= 15 is 0 Å². The zero-order valence-corrected chi connectivity index (χ0v) is 12.6. The fourth-order valence-electron chi connectivity index (χ4n) is 2.12. The number of nitrogens with zero attached hydrogens (tertiary/aromatic N) is 2. The fourth-order valence-corrected chi connectivity index (χ4v) is 2.12. The lowest BCUT2D eigenvalue weighted by Gasteiger charge is -2.10. The molecule has 116 valence electrons. The molecular formula is C16H18N2O4. The number of rotatable bonds is 6. The number of hydrogen-bond donors (Lipinski definition) is 0. The van der Waals surface area contributed by atoms with Crippen molar-refractivity contribution in [2.24, 2.45) is 0 Å². The summed E-state index contributed by atoms with van der Waals surface area (Å²) in [5.74, 6) is 0.772. The summed E-state index contributed by atoms with van der Waals surface area (Å²) >= 11 is 0. The van der Waals surface area contributed by atoms with Crippen LogP contribution in [0.15, 0.2) is 41.2 Å². The van der Waals surface area contributed by atoms with Crippen molar-refractivity contribution >= 4 is 5.69 Å². The summed E-state index contributed by atoms with van der Waals surface area (Å²) in [6, 6.07) is 10.5. The van der Waals surface area contributed by atoms with Gasteiger partial charge in [-0.2, -0.15) is 0 Å². The monoisotopic (exact) mass is 302 g/mol. The molecule has 2 rings (SSSR count). The number of ether oxygens (including phenoxy) is 1. The van der Waals surface area contributed by atoms with Gasteiger partial charge < -0.3 is 9.30 Å². The standard InChI is InChI=1S/C16H18N2O4/c1-12-4-7-14(8-5-12)22-11-3-10-17-13(2)6-9-15(16(17)19)18(20)21/h4-9H,3,10-11H2,1-2H3. The molecule has 2 aromatic rings. The second-order valence-electron chi connectivity index (χ2n) is 5.09. The average molecular weight is 302 g/mol. The van der Waals surface area contributed by atoms with Crippen LogP contribution in [0.4, 0.5) is 5.69 Å². The van der Waals surface area contributed by atoms with Gasteiger partial charge in [0.15, 0.2) is 0 Å². The lowest BCUT2D eigenvalue weighted by molar-refractivity contribution is -0.386. The predicted molar refractivity (Wildman–Crippen MR) is 83.4 cm³/mol. The summed E-state index contributed by atoms with van der Waals surface area (Å²) in [6.07, 6.45) is 0.593. The van der Waals surface area contributed by atoms with Gasteiger partial charge in [0.2, 0.25) is 0 Å². The van der Waals surface area contributed by atoms with E-state index in [0.29, 0.717) is 25.3 Å². The highest BCUT2D eigenvalue weighted by atomic mass is 16.6. The van der Waals surface area contributed by atoms with Crippen LogP contribution in [-0.4, -0.2) is 16.1 Å². The van der Waals surface area contributed by atoms with Crippen LogP contribution in [0.5, 0.6) is 5.75 Å². The number of aryl methyl sites for hydroxylation is 2. The van der Waals surface area contributed by atoms with Gasteiger partial charge in [-0.05, 0) is 38.5 Å². The molecule has 0 fully saturated rings. The molecule has 6 heteroatoms. The predicted octanol–water partition coefficient (Wildman–Crippen LogP) is 2.84. The minimum atomic E-state index is -0.652. The van der Waals surface area contributed by atoms with Gasteiger partial charge in [0.25, 0.3) is 0 Å². The van der Waals surface area contributed by atoms with Crippen molar-refractivity contribution in [2.75, 3.05) is 6.61 Å². The van der Waals surface area contributed by atoms with Gasteiger partial charge in [-0.25, -0.2) is 0 Å². The molecule has 0 bridgehead atoms. The van der Waals surface area contributed by atoms with E-state index in [0.717, 1.165) is 11.3 Å². The molecule has 0 atom stereocenters. The summed E-state index contributed by atoms with van der Waals surface area (Å²) < 4.78 is 7.00. The Kier molecular flexibility index (Phi) is 4.93. The molecule has 0 spiro atoms. The van der Waals surface area contributed by atoms with Crippen LogP contribution < -0.4 is 10.3 Å². The van der Waals surface area contributed by atoms with E-state index in [4.69, 9.17) is 4.74 Å². The molecule has 0 aliphatic carbocycles. The average Bonchev–Trinajstić information content (AvgIpc) is 2.47. The first-order chi connectivity index (χ1) is 10.5. The molecule has 0 radical (unpaired) electrons. The third kappa shape index (κ3) is 3.72. The minimum absolute atomic E-state index is 0.387. The second-order valence-corrected chi connectivity index (χ2v) is 5.09. The second kappa shape index (κ2) is 6.89. The molecule has 0 N–H and O–H groups in total. The number of aromatic nitrogens is 1. The molecule has 22 heavy (non-hydrogen) atoms. The van der Waals surface area contributed by atoms with Gasteiger partial charge in [-0.1, -0.05) is 17.7 Å². The zero-order valence-electron chi connectivity index (χ0n) is 12.6. The van der Waals surface area contributed by atoms with E-state index in [9.17, 15) is 14.9 Å². The van der Waals surface area contributed by atoms with Gasteiger partial charge >= 0.3 is 11.2 Å². The molecule has 0 aliphatic rings. The maximum absolute atomic E-state index is 12.0. The molecule has 1 heterocycles. The normalized spacial score (nSPS) is 10.5. The number of nitro groups is 1. The number of hydrogen-bond acceptors (Lipinski definition) is 4. The topological polar surface area (TPSA) is 74.4 Å². The summed E-state index contributed by atoms with van der Waals surface area (Å²) in [6.45, 7) is 4.59. The third-order valence-corrected chi connectivity index (χ3v) is 3.38.